The Bertz CT molecular complexity index is 192. The van der Waals surface area contributed by atoms with E-state index in [0.717, 1.165) is 32.5 Å². The van der Waals surface area contributed by atoms with Crippen LogP contribution in [0.25, 0.3) is 0 Å². The highest BCUT2D eigenvalue weighted by molar-refractivity contribution is 5.82. The number of amidine groups is 1. The summed E-state index contributed by atoms with van der Waals surface area (Å²) in [5.41, 5.74) is 5.34. The predicted octanol–water partition coefficient (Wildman–Crippen LogP) is 1.31. The van der Waals surface area contributed by atoms with Crippen LogP contribution in [0.15, 0.2) is 0 Å². The van der Waals surface area contributed by atoms with Crippen molar-refractivity contribution in [2.75, 3.05) is 33.9 Å². The van der Waals surface area contributed by atoms with E-state index >= 15 is 0 Å². The number of ether oxygens (including phenoxy) is 1. The lowest BCUT2D eigenvalue weighted by atomic mass is 9.88. The Balaban J connectivity index is 3.70. The van der Waals surface area contributed by atoms with E-state index in [1.165, 1.54) is 0 Å². The summed E-state index contributed by atoms with van der Waals surface area (Å²) in [6, 6.07) is 0. The van der Waals surface area contributed by atoms with Gasteiger partial charge >= 0.3 is 0 Å². The monoisotopic (exact) mass is 215 g/mol. The highest BCUT2D eigenvalue weighted by atomic mass is 16.5. The van der Waals surface area contributed by atoms with Crippen LogP contribution in [0.5, 0.6) is 0 Å². The number of nitrogens with one attached hydrogen (secondary N) is 1. The number of methoxy groups -OCH3 is 1. The number of hydrogen-bond donors (Lipinski definition) is 2. The molecule has 0 saturated carbocycles. The molecular weight excluding hydrogens is 190 g/mol. The fourth-order valence-electron chi connectivity index (χ4n) is 1.20. The first-order valence-electron chi connectivity index (χ1n) is 5.42. The van der Waals surface area contributed by atoms with Crippen LogP contribution in [0.1, 0.15) is 26.7 Å². The van der Waals surface area contributed by atoms with Crippen molar-refractivity contribution in [3.05, 3.63) is 0 Å². The van der Waals surface area contributed by atoms with Crippen LogP contribution in [-0.2, 0) is 4.74 Å². The van der Waals surface area contributed by atoms with E-state index in [9.17, 15) is 0 Å². The molecule has 0 aliphatic carbocycles. The summed E-state index contributed by atoms with van der Waals surface area (Å²) in [4.78, 5) is 2.25. The second-order valence-corrected chi connectivity index (χ2v) is 4.70. The molecule has 0 aromatic rings. The van der Waals surface area contributed by atoms with Crippen LogP contribution in [-0.4, -0.2) is 44.6 Å². The molecule has 0 rings (SSSR count). The first-order chi connectivity index (χ1) is 6.90. The Morgan fingerprint density at radius 2 is 2.00 bits per heavy atom. The predicted molar refractivity (Wildman–Crippen MR) is 64.3 cm³/mol. The summed E-state index contributed by atoms with van der Waals surface area (Å²) in [5, 5.41) is 7.45. The van der Waals surface area contributed by atoms with E-state index in [2.05, 4.69) is 11.9 Å². The van der Waals surface area contributed by atoms with Crippen molar-refractivity contribution < 1.29 is 4.74 Å². The van der Waals surface area contributed by atoms with Crippen LogP contribution >= 0.6 is 0 Å². The Kier molecular flexibility index (Phi) is 6.52. The van der Waals surface area contributed by atoms with Crippen molar-refractivity contribution >= 4 is 5.84 Å². The van der Waals surface area contributed by atoms with Gasteiger partial charge in [0.25, 0.3) is 0 Å². The van der Waals surface area contributed by atoms with Gasteiger partial charge < -0.3 is 15.4 Å². The molecule has 0 radical (unpaired) electrons. The normalized spacial score (nSPS) is 12.1. The molecular formula is C11H25N3O. The molecule has 0 atom stereocenters. The molecule has 0 saturated heterocycles. The van der Waals surface area contributed by atoms with Gasteiger partial charge in [0, 0.05) is 25.7 Å². The minimum absolute atomic E-state index is 0.185. The molecule has 0 amide bonds. The van der Waals surface area contributed by atoms with Crippen molar-refractivity contribution in [2.24, 2.45) is 11.1 Å². The summed E-state index contributed by atoms with van der Waals surface area (Å²) in [6.45, 7) is 6.83. The van der Waals surface area contributed by atoms with Crippen LogP contribution in [0.2, 0.25) is 0 Å². The average molecular weight is 215 g/mol. The van der Waals surface area contributed by atoms with Gasteiger partial charge in [0.2, 0.25) is 0 Å². The van der Waals surface area contributed by atoms with Gasteiger partial charge in [-0.3, -0.25) is 5.41 Å². The number of hydrogen-bond acceptors (Lipinski definition) is 3. The Morgan fingerprint density at radius 3 is 2.47 bits per heavy atom. The Hall–Kier alpha value is -0.610. The van der Waals surface area contributed by atoms with Gasteiger partial charge in [0.1, 0.15) is 0 Å². The van der Waals surface area contributed by atoms with E-state index in [1.807, 2.05) is 13.8 Å². The third-order valence-corrected chi connectivity index (χ3v) is 2.74. The van der Waals surface area contributed by atoms with Gasteiger partial charge in [-0.15, -0.1) is 0 Å². The minimum Gasteiger partial charge on any atom is -0.387 e. The smallest absolute Gasteiger partial charge is 0.0963 e. The van der Waals surface area contributed by atoms with E-state index in [-0.39, 0.29) is 11.3 Å². The maximum Gasteiger partial charge on any atom is 0.0963 e. The second-order valence-electron chi connectivity index (χ2n) is 4.70. The van der Waals surface area contributed by atoms with Gasteiger partial charge in [-0.25, -0.2) is 0 Å². The molecule has 0 aliphatic heterocycles. The molecule has 0 fully saturated rings. The molecule has 0 aromatic heterocycles. The summed E-state index contributed by atoms with van der Waals surface area (Å²) in [6.07, 6.45) is 1.97. The van der Waals surface area contributed by atoms with Crippen molar-refractivity contribution in [1.29, 1.82) is 5.41 Å². The molecule has 4 heteroatoms. The molecule has 4 nitrogen and oxygen atoms in total. The lowest BCUT2D eigenvalue weighted by molar-refractivity contribution is 0.176. The molecule has 3 N–H and O–H groups in total. The SMILES string of the molecule is COCCCN(C)CCC(C)(C)C(=N)N. The number of nitrogens with zero attached hydrogens (tertiary/aromatic N) is 1. The largest absolute Gasteiger partial charge is 0.387 e. The molecule has 0 spiro atoms. The van der Waals surface area contributed by atoms with Crippen LogP contribution in [0.3, 0.4) is 0 Å². The zero-order valence-corrected chi connectivity index (χ0v) is 10.5. The first-order valence-corrected chi connectivity index (χ1v) is 5.42. The van der Waals surface area contributed by atoms with E-state index in [4.69, 9.17) is 15.9 Å². The van der Waals surface area contributed by atoms with Gasteiger partial charge in [-0.05, 0) is 26.4 Å². The van der Waals surface area contributed by atoms with Crippen LogP contribution in [0.4, 0.5) is 0 Å². The van der Waals surface area contributed by atoms with Crippen molar-refractivity contribution in [1.82, 2.24) is 4.90 Å². The topological polar surface area (TPSA) is 62.3 Å². The van der Waals surface area contributed by atoms with Gasteiger partial charge in [-0.2, -0.15) is 0 Å². The number of rotatable bonds is 8. The highest BCUT2D eigenvalue weighted by Gasteiger charge is 2.21. The van der Waals surface area contributed by atoms with Gasteiger partial charge in [0.05, 0.1) is 5.84 Å². The Labute approximate surface area is 93.3 Å². The quantitative estimate of drug-likeness (QED) is 0.364. The zero-order chi connectivity index (χ0) is 11.9. The van der Waals surface area contributed by atoms with Gasteiger partial charge in [0.15, 0.2) is 0 Å². The maximum atomic E-state index is 7.45. The average Bonchev–Trinajstić information content (AvgIpc) is 2.15. The van der Waals surface area contributed by atoms with Crippen LogP contribution in [0, 0.1) is 10.8 Å². The van der Waals surface area contributed by atoms with Crippen molar-refractivity contribution in [2.45, 2.75) is 26.7 Å². The summed E-state index contributed by atoms with van der Waals surface area (Å²) >= 11 is 0. The summed E-state index contributed by atoms with van der Waals surface area (Å²) in [7, 11) is 3.81. The van der Waals surface area contributed by atoms with Crippen molar-refractivity contribution in [3.63, 3.8) is 0 Å². The first kappa shape index (κ1) is 14.4. The summed E-state index contributed by atoms with van der Waals surface area (Å²) in [5.74, 6) is 0.271. The molecule has 0 heterocycles. The molecule has 90 valence electrons. The molecule has 15 heavy (non-hydrogen) atoms. The molecule has 0 aliphatic rings. The molecule has 0 bridgehead atoms. The lowest BCUT2D eigenvalue weighted by Gasteiger charge is -2.26. The van der Waals surface area contributed by atoms with E-state index < -0.39 is 0 Å². The number of nitrogens with two attached hydrogens (primary N) is 1. The Morgan fingerprint density at radius 1 is 1.40 bits per heavy atom. The third-order valence-electron chi connectivity index (χ3n) is 2.74. The fourth-order valence-corrected chi connectivity index (χ4v) is 1.20. The standard InChI is InChI=1S/C11H25N3O/c1-11(2,10(12)13)6-8-14(3)7-5-9-15-4/h5-9H2,1-4H3,(H3,12,13). The highest BCUT2D eigenvalue weighted by Crippen LogP contribution is 2.19. The maximum absolute atomic E-state index is 7.45. The van der Waals surface area contributed by atoms with E-state index in [1.54, 1.807) is 7.11 Å². The molecule has 0 aromatic carbocycles. The van der Waals surface area contributed by atoms with Crippen molar-refractivity contribution in [3.8, 4) is 0 Å². The zero-order valence-electron chi connectivity index (χ0n) is 10.5. The molecule has 0 unspecified atom stereocenters. The minimum atomic E-state index is -0.185. The fraction of sp³-hybridized carbons (Fsp3) is 0.909. The van der Waals surface area contributed by atoms with E-state index in [0.29, 0.717) is 0 Å². The van der Waals surface area contributed by atoms with Crippen LogP contribution < -0.4 is 5.73 Å². The van der Waals surface area contributed by atoms with Gasteiger partial charge in [-0.1, -0.05) is 13.8 Å². The third kappa shape index (κ3) is 6.47. The lowest BCUT2D eigenvalue weighted by Crippen LogP contribution is -2.34. The second kappa shape index (κ2) is 6.80. The summed E-state index contributed by atoms with van der Waals surface area (Å²) < 4.78 is 5.00.